The number of hydrogen-bond acceptors (Lipinski definition) is 2. The number of aromatic nitrogens is 4. The Morgan fingerprint density at radius 2 is 2.07 bits per heavy atom. The van der Waals surface area contributed by atoms with Crippen LogP contribution < -0.4 is 0 Å². The van der Waals surface area contributed by atoms with E-state index < -0.39 is 0 Å². The van der Waals surface area contributed by atoms with E-state index in [0.717, 1.165) is 17.9 Å². The van der Waals surface area contributed by atoms with Crippen molar-refractivity contribution < 1.29 is 0 Å². The molecule has 4 nitrogen and oxygen atoms in total. The zero-order chi connectivity index (χ0) is 10.1. The lowest BCUT2D eigenvalue weighted by Crippen LogP contribution is -2.05. The van der Waals surface area contributed by atoms with Crippen molar-refractivity contribution >= 4 is 0 Å². The predicted octanol–water partition coefficient (Wildman–Crippen LogP) is 1.28. The van der Waals surface area contributed by atoms with Crippen molar-refractivity contribution in [2.24, 2.45) is 7.05 Å². The van der Waals surface area contributed by atoms with Gasteiger partial charge in [-0.2, -0.15) is 10.2 Å². The summed E-state index contributed by atoms with van der Waals surface area (Å²) in [6.45, 7) is 4.81. The van der Waals surface area contributed by atoms with Crippen LogP contribution in [0.3, 0.4) is 0 Å². The Kier molecular flexibility index (Phi) is 2.11. The van der Waals surface area contributed by atoms with Crippen LogP contribution in [-0.4, -0.2) is 19.6 Å². The molecule has 0 aliphatic rings. The summed E-state index contributed by atoms with van der Waals surface area (Å²) in [5.41, 5.74) is 3.27. The highest BCUT2D eigenvalue weighted by Gasteiger charge is 2.03. The molecule has 0 unspecified atom stereocenters. The molecular formula is C10H14N4. The number of aryl methyl sites for hydroxylation is 3. The molecule has 0 fully saturated rings. The SMILES string of the molecule is Cc1cc(C)n(Cc2ccn(C)n2)n1. The van der Waals surface area contributed by atoms with Gasteiger partial charge in [-0.15, -0.1) is 0 Å². The topological polar surface area (TPSA) is 35.6 Å². The molecule has 0 saturated carbocycles. The largest absolute Gasteiger partial charge is 0.275 e. The summed E-state index contributed by atoms with van der Waals surface area (Å²) in [6.07, 6.45) is 1.95. The summed E-state index contributed by atoms with van der Waals surface area (Å²) in [4.78, 5) is 0. The second kappa shape index (κ2) is 3.29. The van der Waals surface area contributed by atoms with E-state index in [1.165, 1.54) is 5.69 Å². The van der Waals surface area contributed by atoms with E-state index in [-0.39, 0.29) is 0 Å². The van der Waals surface area contributed by atoms with E-state index >= 15 is 0 Å². The highest BCUT2D eigenvalue weighted by Crippen LogP contribution is 2.04. The Hall–Kier alpha value is -1.58. The van der Waals surface area contributed by atoms with Crippen LogP contribution in [0.25, 0.3) is 0 Å². The second-order valence-electron chi connectivity index (χ2n) is 3.57. The first-order valence-electron chi connectivity index (χ1n) is 4.65. The molecule has 0 amide bonds. The number of rotatable bonds is 2. The van der Waals surface area contributed by atoms with E-state index in [1.54, 1.807) is 4.68 Å². The van der Waals surface area contributed by atoms with E-state index in [9.17, 15) is 0 Å². The monoisotopic (exact) mass is 190 g/mol. The van der Waals surface area contributed by atoms with Gasteiger partial charge in [0.1, 0.15) is 0 Å². The van der Waals surface area contributed by atoms with Gasteiger partial charge >= 0.3 is 0 Å². The lowest BCUT2D eigenvalue weighted by molar-refractivity contribution is 0.630. The van der Waals surface area contributed by atoms with Crippen LogP contribution in [-0.2, 0) is 13.6 Å². The van der Waals surface area contributed by atoms with Gasteiger partial charge in [0.15, 0.2) is 0 Å². The Morgan fingerprint density at radius 3 is 2.57 bits per heavy atom. The summed E-state index contributed by atoms with van der Waals surface area (Å²) >= 11 is 0. The van der Waals surface area contributed by atoms with E-state index in [4.69, 9.17) is 0 Å². The molecule has 14 heavy (non-hydrogen) atoms. The van der Waals surface area contributed by atoms with Crippen molar-refractivity contribution in [1.29, 1.82) is 0 Å². The van der Waals surface area contributed by atoms with Crippen molar-refractivity contribution in [3.05, 3.63) is 35.4 Å². The molecule has 0 bridgehead atoms. The lowest BCUT2D eigenvalue weighted by atomic mass is 10.4. The van der Waals surface area contributed by atoms with Gasteiger partial charge in [-0.25, -0.2) is 0 Å². The fraction of sp³-hybridized carbons (Fsp3) is 0.400. The van der Waals surface area contributed by atoms with Crippen LogP contribution in [0, 0.1) is 13.8 Å². The van der Waals surface area contributed by atoms with E-state index in [2.05, 4.69) is 23.2 Å². The van der Waals surface area contributed by atoms with Gasteiger partial charge in [-0.1, -0.05) is 0 Å². The average Bonchev–Trinajstić information content (AvgIpc) is 2.61. The highest BCUT2D eigenvalue weighted by atomic mass is 15.3. The third-order valence-electron chi connectivity index (χ3n) is 2.18. The smallest absolute Gasteiger partial charge is 0.0852 e. The highest BCUT2D eigenvalue weighted by molar-refractivity contribution is 5.09. The summed E-state index contributed by atoms with van der Waals surface area (Å²) in [6, 6.07) is 4.08. The first kappa shape index (κ1) is 8.99. The van der Waals surface area contributed by atoms with Gasteiger partial charge in [-0.3, -0.25) is 9.36 Å². The normalized spacial score (nSPS) is 10.8. The van der Waals surface area contributed by atoms with Crippen LogP contribution >= 0.6 is 0 Å². The molecule has 0 radical (unpaired) electrons. The fourth-order valence-electron chi connectivity index (χ4n) is 1.54. The zero-order valence-electron chi connectivity index (χ0n) is 8.73. The molecule has 0 aromatic carbocycles. The Bertz CT molecular complexity index is 439. The summed E-state index contributed by atoms with van der Waals surface area (Å²) in [5, 5.41) is 8.69. The van der Waals surface area contributed by atoms with Crippen LogP contribution in [0.5, 0.6) is 0 Å². The molecule has 2 heterocycles. The molecule has 2 aromatic heterocycles. The molecule has 2 rings (SSSR count). The van der Waals surface area contributed by atoms with E-state index in [0.29, 0.717) is 0 Å². The standard InChI is InChI=1S/C10H14N4/c1-8-6-9(2)14(11-8)7-10-4-5-13(3)12-10/h4-6H,7H2,1-3H3. The molecule has 0 spiro atoms. The third kappa shape index (κ3) is 1.69. The van der Waals surface area contributed by atoms with Gasteiger partial charge in [0.05, 0.1) is 17.9 Å². The van der Waals surface area contributed by atoms with Crippen LogP contribution in [0.1, 0.15) is 17.1 Å². The van der Waals surface area contributed by atoms with Crippen LogP contribution in [0.2, 0.25) is 0 Å². The molecule has 0 aliphatic carbocycles. The Labute approximate surface area is 83.2 Å². The van der Waals surface area contributed by atoms with Gasteiger partial charge in [-0.05, 0) is 26.0 Å². The third-order valence-corrected chi connectivity index (χ3v) is 2.18. The molecule has 0 saturated heterocycles. The minimum absolute atomic E-state index is 0.751. The van der Waals surface area contributed by atoms with Crippen molar-refractivity contribution in [3.63, 3.8) is 0 Å². The Morgan fingerprint density at radius 1 is 1.29 bits per heavy atom. The van der Waals surface area contributed by atoms with Crippen LogP contribution in [0.15, 0.2) is 18.3 Å². The Balaban J connectivity index is 2.22. The molecule has 0 aliphatic heterocycles. The van der Waals surface area contributed by atoms with Gasteiger partial charge in [0, 0.05) is 18.9 Å². The summed E-state index contributed by atoms with van der Waals surface area (Å²) in [5.74, 6) is 0. The average molecular weight is 190 g/mol. The van der Waals surface area contributed by atoms with Gasteiger partial charge in [0.2, 0.25) is 0 Å². The first-order chi connectivity index (χ1) is 6.65. The predicted molar refractivity (Wildman–Crippen MR) is 54.0 cm³/mol. The molecular weight excluding hydrogens is 176 g/mol. The summed E-state index contributed by atoms with van der Waals surface area (Å²) in [7, 11) is 1.92. The molecule has 0 N–H and O–H groups in total. The maximum atomic E-state index is 4.38. The number of hydrogen-bond donors (Lipinski definition) is 0. The maximum absolute atomic E-state index is 4.38. The first-order valence-corrected chi connectivity index (χ1v) is 4.65. The van der Waals surface area contributed by atoms with Crippen molar-refractivity contribution in [2.75, 3.05) is 0 Å². The number of nitrogens with zero attached hydrogens (tertiary/aromatic N) is 4. The van der Waals surface area contributed by atoms with Gasteiger partial charge < -0.3 is 0 Å². The van der Waals surface area contributed by atoms with Crippen molar-refractivity contribution in [2.45, 2.75) is 20.4 Å². The second-order valence-corrected chi connectivity index (χ2v) is 3.57. The lowest BCUT2D eigenvalue weighted by Gasteiger charge is -2.00. The molecule has 4 heteroatoms. The molecule has 74 valence electrons. The maximum Gasteiger partial charge on any atom is 0.0852 e. The van der Waals surface area contributed by atoms with Crippen molar-refractivity contribution in [1.82, 2.24) is 19.6 Å². The van der Waals surface area contributed by atoms with Crippen molar-refractivity contribution in [3.8, 4) is 0 Å². The zero-order valence-corrected chi connectivity index (χ0v) is 8.73. The minimum Gasteiger partial charge on any atom is -0.275 e. The fourth-order valence-corrected chi connectivity index (χ4v) is 1.54. The quantitative estimate of drug-likeness (QED) is 0.715. The minimum atomic E-state index is 0.751. The molecule has 0 atom stereocenters. The van der Waals surface area contributed by atoms with Gasteiger partial charge in [0.25, 0.3) is 0 Å². The molecule has 2 aromatic rings. The van der Waals surface area contributed by atoms with E-state index in [1.807, 2.05) is 30.9 Å². The van der Waals surface area contributed by atoms with Crippen LogP contribution in [0.4, 0.5) is 0 Å². The summed E-state index contributed by atoms with van der Waals surface area (Å²) < 4.78 is 3.78.